The van der Waals surface area contributed by atoms with E-state index in [4.69, 9.17) is 0 Å². The predicted octanol–water partition coefficient (Wildman–Crippen LogP) is 0.193. The summed E-state index contributed by atoms with van der Waals surface area (Å²) in [6, 6.07) is 1.90. The Balaban J connectivity index is 1.30. The van der Waals surface area contributed by atoms with Crippen LogP contribution >= 0.6 is 0 Å². The Hall–Kier alpha value is -2.05. The summed E-state index contributed by atoms with van der Waals surface area (Å²) in [6.45, 7) is 2.42. The number of likely N-dealkylation sites (tertiary alicyclic amines) is 1. The monoisotopic (exact) mass is 291 g/mol. The van der Waals surface area contributed by atoms with Gasteiger partial charge >= 0.3 is 6.03 Å². The maximum absolute atomic E-state index is 11.9. The molecule has 3 amide bonds. The lowest BCUT2D eigenvalue weighted by Gasteiger charge is -2.40. The molecule has 7 nitrogen and oxygen atoms in total. The number of aromatic nitrogens is 2. The number of nitrogens with zero attached hydrogens (tertiary/aromatic N) is 3. The van der Waals surface area contributed by atoms with Crippen LogP contribution in [0, 0.1) is 5.92 Å². The Bertz CT molecular complexity index is 491. The van der Waals surface area contributed by atoms with E-state index in [1.807, 2.05) is 12.3 Å². The standard InChI is InChI=1S/C14H21N5O2/c20-13(11-3-1-4-11)17-12-9-18(10-12)14(21)15-6-8-19-7-2-5-16-19/h2,5,7,11-12H,1,3-4,6,8-10H2,(H,15,21)(H,17,20). The van der Waals surface area contributed by atoms with Crippen LogP contribution in [-0.2, 0) is 11.3 Å². The summed E-state index contributed by atoms with van der Waals surface area (Å²) < 4.78 is 1.78. The van der Waals surface area contributed by atoms with Crippen molar-refractivity contribution >= 4 is 11.9 Å². The molecule has 2 heterocycles. The van der Waals surface area contributed by atoms with Crippen LogP contribution < -0.4 is 10.6 Å². The summed E-state index contributed by atoms with van der Waals surface area (Å²) in [5.74, 6) is 0.368. The first kappa shape index (κ1) is 13.9. The van der Waals surface area contributed by atoms with Crippen LogP contribution in [0.3, 0.4) is 0 Å². The second kappa shape index (κ2) is 6.15. The third-order valence-corrected chi connectivity index (χ3v) is 4.17. The van der Waals surface area contributed by atoms with E-state index < -0.39 is 0 Å². The average molecular weight is 291 g/mol. The fourth-order valence-electron chi connectivity index (χ4n) is 2.55. The highest BCUT2D eigenvalue weighted by Crippen LogP contribution is 2.26. The summed E-state index contributed by atoms with van der Waals surface area (Å²) >= 11 is 0. The Kier molecular flexibility index (Phi) is 4.08. The molecule has 1 aromatic heterocycles. The van der Waals surface area contributed by atoms with E-state index in [1.54, 1.807) is 15.8 Å². The van der Waals surface area contributed by atoms with Crippen molar-refractivity contribution in [1.82, 2.24) is 25.3 Å². The third kappa shape index (κ3) is 3.34. The highest BCUT2D eigenvalue weighted by molar-refractivity contribution is 5.80. The molecule has 21 heavy (non-hydrogen) atoms. The fourth-order valence-corrected chi connectivity index (χ4v) is 2.55. The molecular formula is C14H21N5O2. The van der Waals surface area contributed by atoms with Gasteiger partial charge in [0.05, 0.1) is 12.6 Å². The minimum Gasteiger partial charge on any atom is -0.350 e. The van der Waals surface area contributed by atoms with Gasteiger partial charge in [-0.05, 0) is 18.9 Å². The molecule has 2 N–H and O–H groups in total. The van der Waals surface area contributed by atoms with Crippen LogP contribution in [0.1, 0.15) is 19.3 Å². The number of rotatable bonds is 5. The fraction of sp³-hybridized carbons (Fsp3) is 0.643. The zero-order valence-electron chi connectivity index (χ0n) is 12.0. The van der Waals surface area contributed by atoms with Crippen LogP contribution in [-0.4, -0.2) is 52.3 Å². The summed E-state index contributed by atoms with van der Waals surface area (Å²) in [5.41, 5.74) is 0. The minimum atomic E-state index is -0.0729. The topological polar surface area (TPSA) is 79.3 Å². The quantitative estimate of drug-likeness (QED) is 0.813. The molecule has 0 spiro atoms. The first-order valence-corrected chi connectivity index (χ1v) is 7.53. The molecule has 3 rings (SSSR count). The van der Waals surface area contributed by atoms with Gasteiger partial charge in [0.2, 0.25) is 5.91 Å². The van der Waals surface area contributed by atoms with Crippen LogP contribution in [0.15, 0.2) is 18.5 Å². The van der Waals surface area contributed by atoms with Crippen LogP contribution in [0.25, 0.3) is 0 Å². The molecule has 2 fully saturated rings. The lowest BCUT2D eigenvalue weighted by Crippen LogP contribution is -2.63. The lowest BCUT2D eigenvalue weighted by molar-refractivity contribution is -0.129. The van der Waals surface area contributed by atoms with Gasteiger partial charge in [0.15, 0.2) is 0 Å². The Morgan fingerprint density at radius 3 is 2.71 bits per heavy atom. The molecule has 0 atom stereocenters. The van der Waals surface area contributed by atoms with Gasteiger partial charge in [-0.25, -0.2) is 4.79 Å². The maximum atomic E-state index is 11.9. The molecule has 2 aliphatic rings. The Morgan fingerprint density at radius 2 is 2.10 bits per heavy atom. The summed E-state index contributed by atoms with van der Waals surface area (Å²) in [7, 11) is 0. The minimum absolute atomic E-state index is 0.0729. The van der Waals surface area contributed by atoms with Gasteiger partial charge in [0.25, 0.3) is 0 Å². The van der Waals surface area contributed by atoms with E-state index in [2.05, 4.69) is 15.7 Å². The van der Waals surface area contributed by atoms with Gasteiger partial charge in [-0.3, -0.25) is 9.48 Å². The number of nitrogens with one attached hydrogen (secondary N) is 2. The van der Waals surface area contributed by atoms with Crippen molar-refractivity contribution in [2.45, 2.75) is 31.8 Å². The number of hydrogen-bond acceptors (Lipinski definition) is 3. The van der Waals surface area contributed by atoms with E-state index in [0.717, 1.165) is 19.3 Å². The zero-order valence-corrected chi connectivity index (χ0v) is 12.0. The number of hydrogen-bond donors (Lipinski definition) is 2. The van der Waals surface area contributed by atoms with Crippen molar-refractivity contribution in [1.29, 1.82) is 0 Å². The molecule has 1 saturated heterocycles. The first-order chi connectivity index (χ1) is 10.2. The molecule has 7 heteroatoms. The number of carbonyl (C=O) groups excluding carboxylic acids is 2. The average Bonchev–Trinajstić information content (AvgIpc) is 2.84. The number of urea groups is 1. The Labute approximate surface area is 123 Å². The largest absolute Gasteiger partial charge is 0.350 e. The van der Waals surface area contributed by atoms with Gasteiger partial charge in [-0.15, -0.1) is 0 Å². The van der Waals surface area contributed by atoms with Gasteiger partial charge in [0.1, 0.15) is 0 Å². The van der Waals surface area contributed by atoms with Crippen molar-refractivity contribution in [3.63, 3.8) is 0 Å². The molecule has 1 saturated carbocycles. The molecule has 1 aromatic rings. The van der Waals surface area contributed by atoms with Gasteiger partial charge in [-0.2, -0.15) is 5.10 Å². The van der Waals surface area contributed by atoms with Crippen molar-refractivity contribution in [2.24, 2.45) is 5.92 Å². The second-order valence-electron chi connectivity index (χ2n) is 5.74. The van der Waals surface area contributed by atoms with Crippen molar-refractivity contribution in [2.75, 3.05) is 19.6 Å². The van der Waals surface area contributed by atoms with Crippen LogP contribution in [0.2, 0.25) is 0 Å². The van der Waals surface area contributed by atoms with E-state index in [-0.39, 0.29) is 23.9 Å². The molecule has 0 radical (unpaired) electrons. The van der Waals surface area contributed by atoms with E-state index in [1.165, 1.54) is 0 Å². The zero-order chi connectivity index (χ0) is 14.7. The van der Waals surface area contributed by atoms with Crippen molar-refractivity contribution in [3.05, 3.63) is 18.5 Å². The molecular weight excluding hydrogens is 270 g/mol. The van der Waals surface area contributed by atoms with E-state index in [9.17, 15) is 9.59 Å². The first-order valence-electron chi connectivity index (χ1n) is 7.53. The van der Waals surface area contributed by atoms with Gasteiger partial charge in [-0.1, -0.05) is 6.42 Å². The molecule has 1 aliphatic carbocycles. The third-order valence-electron chi connectivity index (χ3n) is 4.17. The highest BCUT2D eigenvalue weighted by Gasteiger charge is 2.34. The smallest absolute Gasteiger partial charge is 0.317 e. The molecule has 0 aromatic carbocycles. The van der Waals surface area contributed by atoms with Crippen LogP contribution in [0.5, 0.6) is 0 Å². The number of amides is 3. The highest BCUT2D eigenvalue weighted by atomic mass is 16.2. The SMILES string of the molecule is O=C(NC1CN(C(=O)NCCn2cccn2)C1)C1CCC1. The van der Waals surface area contributed by atoms with Crippen molar-refractivity contribution in [3.8, 4) is 0 Å². The summed E-state index contributed by atoms with van der Waals surface area (Å²) in [6.07, 6.45) is 6.76. The second-order valence-corrected chi connectivity index (χ2v) is 5.74. The van der Waals surface area contributed by atoms with Gasteiger partial charge < -0.3 is 15.5 Å². The van der Waals surface area contributed by atoms with Gasteiger partial charge in [0, 0.05) is 37.9 Å². The normalized spacial score (nSPS) is 18.8. The molecule has 0 unspecified atom stereocenters. The van der Waals surface area contributed by atoms with Crippen molar-refractivity contribution < 1.29 is 9.59 Å². The van der Waals surface area contributed by atoms with E-state index >= 15 is 0 Å². The Morgan fingerprint density at radius 1 is 1.29 bits per heavy atom. The summed E-state index contributed by atoms with van der Waals surface area (Å²) in [5, 5.41) is 9.93. The maximum Gasteiger partial charge on any atom is 0.317 e. The van der Waals surface area contributed by atoms with E-state index in [0.29, 0.717) is 26.2 Å². The molecule has 114 valence electrons. The molecule has 0 bridgehead atoms. The van der Waals surface area contributed by atoms with Crippen LogP contribution in [0.4, 0.5) is 4.79 Å². The summed E-state index contributed by atoms with van der Waals surface area (Å²) in [4.78, 5) is 25.3. The number of carbonyl (C=O) groups is 2. The molecule has 1 aliphatic heterocycles. The lowest BCUT2D eigenvalue weighted by atomic mass is 9.84. The predicted molar refractivity (Wildman–Crippen MR) is 76.5 cm³/mol.